The van der Waals surface area contributed by atoms with Crippen molar-refractivity contribution in [3.8, 4) is 0 Å². The van der Waals surface area contributed by atoms with Gasteiger partial charge in [-0.3, -0.25) is 9.78 Å². The maximum absolute atomic E-state index is 13.4. The van der Waals surface area contributed by atoms with Crippen LogP contribution in [0.5, 0.6) is 0 Å². The van der Waals surface area contributed by atoms with Gasteiger partial charge in [0.05, 0.1) is 9.88 Å². The molecule has 0 radical (unpaired) electrons. The number of aryl methyl sites for hydroxylation is 1. The number of thiophene rings is 1. The molecule has 2 aromatic heterocycles. The predicted molar refractivity (Wildman–Crippen MR) is 134 cm³/mol. The minimum atomic E-state index is -4.50. The average Bonchev–Trinajstić information content (AvgIpc) is 3.41. The van der Waals surface area contributed by atoms with E-state index in [1.807, 2.05) is 25.1 Å². The van der Waals surface area contributed by atoms with Crippen molar-refractivity contribution in [1.82, 2.24) is 15.2 Å². The Morgan fingerprint density at radius 1 is 1.08 bits per heavy atom. The van der Waals surface area contributed by atoms with Crippen molar-refractivity contribution in [2.75, 3.05) is 18.0 Å². The number of hydrogen-bond donors (Lipinski definition) is 1. The van der Waals surface area contributed by atoms with E-state index in [9.17, 15) is 22.4 Å². The van der Waals surface area contributed by atoms with Gasteiger partial charge in [-0.15, -0.1) is 11.3 Å². The summed E-state index contributed by atoms with van der Waals surface area (Å²) < 4.78 is 51.5. The maximum atomic E-state index is 13.4. The third kappa shape index (κ3) is 5.49. The summed E-state index contributed by atoms with van der Waals surface area (Å²) in [5.41, 5.74) is 2.81. The Morgan fingerprint density at radius 2 is 1.81 bits per heavy atom. The Balaban J connectivity index is 1.29. The third-order valence-corrected chi connectivity index (χ3v) is 7.91. The summed E-state index contributed by atoms with van der Waals surface area (Å²) in [6, 6.07) is 10.8. The quantitative estimate of drug-likeness (QED) is 0.383. The molecule has 0 unspecified atom stereocenters. The highest BCUT2D eigenvalue weighted by atomic mass is 32.1. The molecule has 1 N–H and O–H groups in total. The SMILES string of the molecule is Cc1cc(N2CCN(Cc3ccc(F)cc3)C2=C2CCC2)sc1C(=O)NCc1ccc(C(F)(F)F)nc1. The lowest BCUT2D eigenvalue weighted by atomic mass is 9.92. The lowest BCUT2D eigenvalue weighted by Gasteiger charge is -2.31. The lowest BCUT2D eigenvalue weighted by molar-refractivity contribution is -0.141. The fourth-order valence-corrected chi connectivity index (χ4v) is 5.67. The number of nitrogens with zero attached hydrogens (tertiary/aromatic N) is 3. The summed E-state index contributed by atoms with van der Waals surface area (Å²) in [5.74, 6) is 0.660. The van der Waals surface area contributed by atoms with E-state index in [0.717, 1.165) is 60.7 Å². The smallest absolute Gasteiger partial charge is 0.352 e. The van der Waals surface area contributed by atoms with Crippen LogP contribution in [0.1, 0.15) is 51.3 Å². The van der Waals surface area contributed by atoms with Crippen LogP contribution in [0.4, 0.5) is 22.6 Å². The van der Waals surface area contributed by atoms with E-state index in [2.05, 4.69) is 20.1 Å². The first kappa shape index (κ1) is 25.3. The molecule has 37 heavy (non-hydrogen) atoms. The minimum absolute atomic E-state index is 0.0844. The lowest BCUT2D eigenvalue weighted by Crippen LogP contribution is -2.26. The first-order chi connectivity index (χ1) is 17.7. The number of benzene rings is 1. The molecule has 1 saturated carbocycles. The topological polar surface area (TPSA) is 48.5 Å². The fourth-order valence-electron chi connectivity index (χ4n) is 4.56. The number of allylic oxidation sites excluding steroid dienone is 1. The fraction of sp³-hybridized carbons (Fsp3) is 0.333. The molecule has 0 atom stereocenters. The highest BCUT2D eigenvalue weighted by molar-refractivity contribution is 7.18. The van der Waals surface area contributed by atoms with Crippen LogP contribution in [-0.2, 0) is 19.3 Å². The molecule has 0 bridgehead atoms. The van der Waals surface area contributed by atoms with Gasteiger partial charge in [-0.05, 0) is 72.7 Å². The number of carbonyl (C=O) groups is 1. The van der Waals surface area contributed by atoms with Crippen molar-refractivity contribution < 1.29 is 22.4 Å². The van der Waals surface area contributed by atoms with E-state index in [1.54, 1.807) is 0 Å². The van der Waals surface area contributed by atoms with Crippen LogP contribution in [0.2, 0.25) is 0 Å². The van der Waals surface area contributed by atoms with Gasteiger partial charge in [-0.2, -0.15) is 13.2 Å². The van der Waals surface area contributed by atoms with Crippen molar-refractivity contribution in [2.45, 2.75) is 45.5 Å². The summed E-state index contributed by atoms with van der Waals surface area (Å²) in [7, 11) is 0. The number of hydrogen-bond acceptors (Lipinski definition) is 5. The molecular formula is C27H26F4N4OS. The molecular weight excluding hydrogens is 504 g/mol. The maximum Gasteiger partial charge on any atom is 0.433 e. The second-order valence-corrected chi connectivity index (χ2v) is 10.3. The van der Waals surface area contributed by atoms with E-state index in [-0.39, 0.29) is 18.3 Å². The van der Waals surface area contributed by atoms with Gasteiger partial charge in [-0.25, -0.2) is 4.39 Å². The van der Waals surface area contributed by atoms with Gasteiger partial charge in [0, 0.05) is 32.4 Å². The number of carbonyl (C=O) groups excluding carboxylic acids is 1. The van der Waals surface area contributed by atoms with E-state index < -0.39 is 11.9 Å². The van der Waals surface area contributed by atoms with Crippen LogP contribution in [0.25, 0.3) is 0 Å². The number of halogens is 4. The number of anilines is 1. The molecule has 1 aliphatic carbocycles. The van der Waals surface area contributed by atoms with Gasteiger partial charge in [0.15, 0.2) is 0 Å². The molecule has 2 aliphatic rings. The van der Waals surface area contributed by atoms with Crippen LogP contribution >= 0.6 is 11.3 Å². The summed E-state index contributed by atoms with van der Waals surface area (Å²) >= 11 is 1.41. The van der Waals surface area contributed by atoms with Crippen molar-refractivity contribution in [2.24, 2.45) is 0 Å². The molecule has 2 fully saturated rings. The Bertz CT molecular complexity index is 1310. The molecule has 10 heteroatoms. The van der Waals surface area contributed by atoms with E-state index >= 15 is 0 Å². The summed E-state index contributed by atoms with van der Waals surface area (Å²) in [4.78, 5) is 21.6. The number of amides is 1. The van der Waals surface area contributed by atoms with Gasteiger partial charge >= 0.3 is 6.18 Å². The Morgan fingerprint density at radius 3 is 2.43 bits per heavy atom. The summed E-state index contributed by atoms with van der Waals surface area (Å²) in [6.07, 6.45) is -0.112. The van der Waals surface area contributed by atoms with Crippen LogP contribution in [0.15, 0.2) is 60.1 Å². The third-order valence-electron chi connectivity index (χ3n) is 6.65. The molecule has 194 valence electrons. The number of pyridine rings is 1. The number of rotatable bonds is 6. The Kier molecular flexibility index (Phi) is 6.94. The summed E-state index contributed by atoms with van der Waals surface area (Å²) in [6.45, 7) is 4.28. The highest BCUT2D eigenvalue weighted by Gasteiger charge is 2.33. The number of aromatic nitrogens is 1. The zero-order valence-corrected chi connectivity index (χ0v) is 21.1. The normalized spacial score (nSPS) is 15.8. The molecule has 1 aliphatic heterocycles. The molecule has 3 heterocycles. The van der Waals surface area contributed by atoms with Crippen LogP contribution in [-0.4, -0.2) is 28.9 Å². The van der Waals surface area contributed by atoms with Gasteiger partial charge in [-0.1, -0.05) is 18.2 Å². The van der Waals surface area contributed by atoms with Crippen LogP contribution in [0, 0.1) is 12.7 Å². The Hall–Kier alpha value is -3.40. The van der Waals surface area contributed by atoms with Gasteiger partial charge in [0.2, 0.25) is 0 Å². The standard InChI is InChI=1S/C27H26F4N4OS/c1-17-13-23(37-24(17)25(36)33-15-19-7-10-22(32-14-19)27(29,30)31)35-12-11-34(26(35)20-3-2-4-20)16-18-5-8-21(28)9-6-18/h5-10,13-14H,2-4,11-12,15-16H2,1H3,(H,33,36). The average molecular weight is 531 g/mol. The highest BCUT2D eigenvalue weighted by Crippen LogP contribution is 2.41. The summed E-state index contributed by atoms with van der Waals surface area (Å²) in [5, 5.41) is 3.78. The van der Waals surface area contributed by atoms with E-state index in [1.165, 1.54) is 40.9 Å². The molecule has 1 saturated heterocycles. The largest absolute Gasteiger partial charge is 0.433 e. The predicted octanol–water partition coefficient (Wildman–Crippen LogP) is 6.26. The van der Waals surface area contributed by atoms with Crippen molar-refractivity contribution in [3.63, 3.8) is 0 Å². The number of alkyl halides is 3. The first-order valence-electron chi connectivity index (χ1n) is 12.1. The molecule has 5 nitrogen and oxygen atoms in total. The zero-order chi connectivity index (χ0) is 26.2. The van der Waals surface area contributed by atoms with Crippen LogP contribution in [0.3, 0.4) is 0 Å². The van der Waals surface area contributed by atoms with Gasteiger partial charge in [0.1, 0.15) is 17.3 Å². The Labute approximate surface area is 216 Å². The second-order valence-electron chi connectivity index (χ2n) is 9.31. The minimum Gasteiger partial charge on any atom is -0.352 e. The molecule has 0 spiro atoms. The zero-order valence-electron chi connectivity index (χ0n) is 20.2. The molecule has 1 amide bonds. The monoisotopic (exact) mass is 530 g/mol. The van der Waals surface area contributed by atoms with Crippen LogP contribution < -0.4 is 10.2 Å². The molecule has 3 aromatic rings. The molecule has 1 aromatic carbocycles. The van der Waals surface area contributed by atoms with Crippen molar-refractivity contribution in [1.29, 1.82) is 0 Å². The molecule has 5 rings (SSSR count). The number of nitrogens with one attached hydrogen (secondary N) is 1. The van der Waals surface area contributed by atoms with Gasteiger partial charge < -0.3 is 15.1 Å². The first-order valence-corrected chi connectivity index (χ1v) is 12.9. The van der Waals surface area contributed by atoms with Crippen molar-refractivity contribution >= 4 is 22.2 Å². The van der Waals surface area contributed by atoms with E-state index in [0.29, 0.717) is 17.0 Å². The van der Waals surface area contributed by atoms with Gasteiger partial charge in [0.25, 0.3) is 5.91 Å². The second kappa shape index (κ2) is 10.2. The van der Waals surface area contributed by atoms with Crippen molar-refractivity contribution in [3.05, 3.63) is 93.1 Å². The van der Waals surface area contributed by atoms with E-state index in [4.69, 9.17) is 0 Å².